The molecular weight excluding hydrogens is 214 g/mol. The van der Waals surface area contributed by atoms with Gasteiger partial charge in [0.1, 0.15) is 11.5 Å². The van der Waals surface area contributed by atoms with Crippen LogP contribution in [0.4, 0.5) is 5.69 Å². The molecule has 0 aromatic carbocycles. The average molecular weight is 225 g/mol. The molecule has 2 rings (SSSR count). The first kappa shape index (κ1) is 10.1. The predicted molar refractivity (Wildman–Crippen MR) is 57.5 cm³/mol. The van der Waals surface area contributed by atoms with Gasteiger partial charge in [0.2, 0.25) is 0 Å². The molecule has 0 unspecified atom stereocenters. The molecule has 5 nitrogen and oxygen atoms in total. The molecule has 2 heterocycles. The number of anilines is 1. The first-order valence-electron chi connectivity index (χ1n) is 4.38. The summed E-state index contributed by atoms with van der Waals surface area (Å²) in [5.41, 5.74) is 7.60. The monoisotopic (exact) mass is 225 g/mol. The van der Waals surface area contributed by atoms with Gasteiger partial charge in [-0.1, -0.05) is 5.16 Å². The predicted octanol–water partition coefficient (Wildman–Crippen LogP) is 1.84. The zero-order chi connectivity index (χ0) is 10.8. The first-order chi connectivity index (χ1) is 7.22. The van der Waals surface area contributed by atoms with Crippen LogP contribution in [-0.4, -0.2) is 17.3 Å². The van der Waals surface area contributed by atoms with Crippen molar-refractivity contribution in [1.29, 1.82) is 0 Å². The second-order valence-electron chi connectivity index (χ2n) is 3.11. The first-order valence-corrected chi connectivity index (χ1v) is 5.25. The summed E-state index contributed by atoms with van der Waals surface area (Å²) in [7, 11) is 1.58. The van der Waals surface area contributed by atoms with Gasteiger partial charge in [0, 0.05) is 7.11 Å². The zero-order valence-corrected chi connectivity index (χ0v) is 9.30. The molecule has 0 aliphatic rings. The van der Waals surface area contributed by atoms with E-state index >= 15 is 0 Å². The number of methoxy groups -OCH3 is 1. The SMILES string of the molecule is COCc1noc(-c2scc(C)c2N)n1. The van der Waals surface area contributed by atoms with E-state index in [0.717, 1.165) is 10.4 Å². The third-order valence-corrected chi connectivity index (χ3v) is 3.06. The average Bonchev–Trinajstić information content (AvgIpc) is 2.77. The lowest BCUT2D eigenvalue weighted by Gasteiger charge is -1.92. The molecule has 2 aromatic heterocycles. The van der Waals surface area contributed by atoms with Gasteiger partial charge in [0.25, 0.3) is 5.89 Å². The van der Waals surface area contributed by atoms with Crippen LogP contribution in [0.5, 0.6) is 0 Å². The maximum absolute atomic E-state index is 5.87. The smallest absolute Gasteiger partial charge is 0.270 e. The fourth-order valence-electron chi connectivity index (χ4n) is 1.15. The van der Waals surface area contributed by atoms with Crippen molar-refractivity contribution in [2.45, 2.75) is 13.5 Å². The molecule has 0 radical (unpaired) electrons. The summed E-state index contributed by atoms with van der Waals surface area (Å²) in [6.45, 7) is 2.29. The number of nitrogens with two attached hydrogens (primary N) is 1. The molecular formula is C9H11N3O2S. The van der Waals surface area contributed by atoms with E-state index in [2.05, 4.69) is 10.1 Å². The van der Waals surface area contributed by atoms with Gasteiger partial charge in [-0.05, 0) is 17.9 Å². The minimum absolute atomic E-state index is 0.341. The van der Waals surface area contributed by atoms with Crippen LogP contribution in [0.1, 0.15) is 11.4 Å². The fourth-order valence-corrected chi connectivity index (χ4v) is 2.05. The molecule has 0 amide bonds. The Morgan fingerprint density at radius 3 is 3.00 bits per heavy atom. The topological polar surface area (TPSA) is 74.2 Å². The van der Waals surface area contributed by atoms with Crippen LogP contribution in [-0.2, 0) is 11.3 Å². The van der Waals surface area contributed by atoms with Crippen molar-refractivity contribution >= 4 is 17.0 Å². The van der Waals surface area contributed by atoms with Gasteiger partial charge < -0.3 is 15.0 Å². The number of rotatable bonds is 3. The van der Waals surface area contributed by atoms with E-state index in [9.17, 15) is 0 Å². The third kappa shape index (κ3) is 1.86. The van der Waals surface area contributed by atoms with Crippen LogP contribution >= 0.6 is 11.3 Å². The minimum Gasteiger partial charge on any atom is -0.397 e. The van der Waals surface area contributed by atoms with Crippen molar-refractivity contribution in [3.8, 4) is 10.8 Å². The van der Waals surface area contributed by atoms with E-state index < -0.39 is 0 Å². The van der Waals surface area contributed by atoms with Crippen molar-refractivity contribution in [1.82, 2.24) is 10.1 Å². The van der Waals surface area contributed by atoms with Gasteiger partial charge in [-0.2, -0.15) is 4.98 Å². The van der Waals surface area contributed by atoms with Gasteiger partial charge in [-0.15, -0.1) is 11.3 Å². The lowest BCUT2D eigenvalue weighted by molar-refractivity contribution is 0.174. The Kier molecular flexibility index (Phi) is 2.70. The lowest BCUT2D eigenvalue weighted by atomic mass is 10.3. The van der Waals surface area contributed by atoms with Crippen LogP contribution in [0.15, 0.2) is 9.90 Å². The molecule has 80 valence electrons. The Morgan fingerprint density at radius 2 is 2.40 bits per heavy atom. The number of nitrogens with zero attached hydrogens (tertiary/aromatic N) is 2. The van der Waals surface area contributed by atoms with Crippen LogP contribution < -0.4 is 5.73 Å². The molecule has 0 aliphatic carbocycles. The molecule has 0 aliphatic heterocycles. The second kappa shape index (κ2) is 4.00. The molecule has 2 aromatic rings. The summed E-state index contributed by atoms with van der Waals surface area (Å²) in [5, 5.41) is 5.74. The zero-order valence-electron chi connectivity index (χ0n) is 8.48. The molecule has 0 saturated carbocycles. The highest BCUT2D eigenvalue weighted by atomic mass is 32.1. The molecule has 0 atom stereocenters. The van der Waals surface area contributed by atoms with Gasteiger partial charge in [0.05, 0.1) is 5.69 Å². The van der Waals surface area contributed by atoms with Crippen molar-refractivity contribution in [2.24, 2.45) is 0 Å². The Labute approximate surface area is 90.9 Å². The lowest BCUT2D eigenvalue weighted by Crippen LogP contribution is -1.90. The highest BCUT2D eigenvalue weighted by molar-refractivity contribution is 7.14. The van der Waals surface area contributed by atoms with Crippen LogP contribution in [0, 0.1) is 6.92 Å². The fraction of sp³-hybridized carbons (Fsp3) is 0.333. The van der Waals surface area contributed by atoms with E-state index in [-0.39, 0.29) is 0 Å². The molecule has 2 N–H and O–H groups in total. The minimum atomic E-state index is 0.341. The molecule has 6 heteroatoms. The maximum atomic E-state index is 5.87. The number of thiophene rings is 1. The molecule has 15 heavy (non-hydrogen) atoms. The second-order valence-corrected chi connectivity index (χ2v) is 3.99. The van der Waals surface area contributed by atoms with Crippen LogP contribution in [0.25, 0.3) is 10.8 Å². The highest BCUT2D eigenvalue weighted by Gasteiger charge is 2.14. The molecule has 0 saturated heterocycles. The maximum Gasteiger partial charge on any atom is 0.270 e. The van der Waals surface area contributed by atoms with Gasteiger partial charge in [-0.25, -0.2) is 0 Å². The van der Waals surface area contributed by atoms with Crippen LogP contribution in [0.2, 0.25) is 0 Å². The Hall–Kier alpha value is -1.40. The number of aryl methyl sites for hydroxylation is 1. The summed E-state index contributed by atoms with van der Waals surface area (Å²) in [4.78, 5) is 4.99. The Morgan fingerprint density at radius 1 is 1.60 bits per heavy atom. The summed E-state index contributed by atoms with van der Waals surface area (Å²) in [5.74, 6) is 0.982. The van der Waals surface area contributed by atoms with E-state index in [0.29, 0.717) is 24.0 Å². The molecule has 0 bridgehead atoms. The normalized spacial score (nSPS) is 10.8. The quantitative estimate of drug-likeness (QED) is 0.862. The summed E-state index contributed by atoms with van der Waals surface area (Å²) < 4.78 is 9.99. The number of hydrogen-bond donors (Lipinski definition) is 1. The summed E-state index contributed by atoms with van der Waals surface area (Å²) >= 11 is 1.50. The molecule has 0 spiro atoms. The van der Waals surface area contributed by atoms with Crippen molar-refractivity contribution in [3.63, 3.8) is 0 Å². The number of ether oxygens (including phenoxy) is 1. The highest BCUT2D eigenvalue weighted by Crippen LogP contribution is 2.33. The van der Waals surface area contributed by atoms with Crippen molar-refractivity contribution in [2.75, 3.05) is 12.8 Å². The van der Waals surface area contributed by atoms with Crippen molar-refractivity contribution < 1.29 is 9.26 Å². The van der Waals surface area contributed by atoms with Gasteiger partial charge in [0.15, 0.2) is 5.82 Å². The Balaban J connectivity index is 2.33. The number of nitrogen functional groups attached to an aromatic ring is 1. The van der Waals surface area contributed by atoms with Crippen molar-refractivity contribution in [3.05, 3.63) is 16.8 Å². The van der Waals surface area contributed by atoms with Gasteiger partial charge in [-0.3, -0.25) is 0 Å². The number of aromatic nitrogens is 2. The third-order valence-electron chi connectivity index (χ3n) is 1.96. The summed E-state index contributed by atoms with van der Waals surface area (Å²) in [6.07, 6.45) is 0. The Bertz CT molecular complexity index is 464. The van der Waals surface area contributed by atoms with Gasteiger partial charge >= 0.3 is 0 Å². The van der Waals surface area contributed by atoms with E-state index in [1.807, 2.05) is 12.3 Å². The van der Waals surface area contributed by atoms with Crippen LogP contribution in [0.3, 0.4) is 0 Å². The van der Waals surface area contributed by atoms with E-state index in [4.69, 9.17) is 15.0 Å². The number of hydrogen-bond acceptors (Lipinski definition) is 6. The largest absolute Gasteiger partial charge is 0.397 e. The molecule has 0 fully saturated rings. The standard InChI is InChI=1S/C9H11N3O2S/c1-5-4-15-8(7(5)10)9-11-6(3-13-2)12-14-9/h4H,3,10H2,1-2H3. The van der Waals surface area contributed by atoms with E-state index in [1.165, 1.54) is 11.3 Å². The van der Waals surface area contributed by atoms with E-state index in [1.54, 1.807) is 7.11 Å². The summed E-state index contributed by atoms with van der Waals surface area (Å²) in [6, 6.07) is 0.